The molecule has 5 nitrogen and oxygen atoms in total. The lowest BCUT2D eigenvalue weighted by Crippen LogP contribution is -2.16. The van der Waals surface area contributed by atoms with Gasteiger partial charge in [-0.1, -0.05) is 0 Å². The number of aromatic nitrogens is 2. The number of hydrogen-bond acceptors (Lipinski definition) is 4. The zero-order chi connectivity index (χ0) is 16.2. The maximum atomic E-state index is 9.34. The first-order valence-corrected chi connectivity index (χ1v) is 8.33. The Labute approximate surface area is 137 Å². The number of nitrogens with two attached hydrogens (primary N) is 1. The molecule has 0 fully saturated rings. The van der Waals surface area contributed by atoms with Crippen molar-refractivity contribution < 1.29 is 9.84 Å². The van der Waals surface area contributed by atoms with Crippen molar-refractivity contribution in [1.82, 2.24) is 9.78 Å². The minimum Gasteiger partial charge on any atom is -0.497 e. The largest absolute Gasteiger partial charge is 0.497 e. The average molecular weight is 315 g/mol. The van der Waals surface area contributed by atoms with Crippen molar-refractivity contribution in [1.29, 1.82) is 0 Å². The molecule has 1 atom stereocenters. The summed E-state index contributed by atoms with van der Waals surface area (Å²) in [6.45, 7) is 1.35. The lowest BCUT2D eigenvalue weighted by molar-refractivity contribution is 0.266. The molecule has 0 saturated heterocycles. The summed E-state index contributed by atoms with van der Waals surface area (Å²) in [5, 5.41) is 14.2. The van der Waals surface area contributed by atoms with Gasteiger partial charge in [-0.15, -0.1) is 0 Å². The van der Waals surface area contributed by atoms with E-state index in [1.807, 2.05) is 16.8 Å². The third-order valence-corrected chi connectivity index (χ3v) is 4.66. The fourth-order valence-corrected chi connectivity index (χ4v) is 3.60. The predicted octanol–water partition coefficient (Wildman–Crippen LogP) is 2.32. The Bertz CT molecular complexity index is 649. The summed E-state index contributed by atoms with van der Waals surface area (Å²) in [4.78, 5) is 0. The molecule has 1 aromatic heterocycles. The molecule has 0 amide bonds. The molecule has 0 aliphatic heterocycles. The fourth-order valence-electron chi connectivity index (χ4n) is 3.60. The van der Waals surface area contributed by atoms with Crippen molar-refractivity contribution in [2.45, 2.75) is 38.1 Å². The quantitative estimate of drug-likeness (QED) is 0.858. The van der Waals surface area contributed by atoms with E-state index in [2.05, 4.69) is 12.1 Å². The van der Waals surface area contributed by atoms with Crippen LogP contribution in [-0.2, 0) is 13.0 Å². The van der Waals surface area contributed by atoms with Crippen LogP contribution in [0.2, 0.25) is 0 Å². The van der Waals surface area contributed by atoms with Crippen molar-refractivity contribution in [3.8, 4) is 17.0 Å². The highest BCUT2D eigenvalue weighted by Gasteiger charge is 2.28. The minimum atomic E-state index is 0.109. The van der Waals surface area contributed by atoms with E-state index in [-0.39, 0.29) is 6.61 Å². The Balaban J connectivity index is 2.07. The molecular formula is C18H25N3O2. The molecule has 23 heavy (non-hydrogen) atoms. The van der Waals surface area contributed by atoms with Gasteiger partial charge in [0.2, 0.25) is 0 Å². The molecule has 1 aromatic carbocycles. The maximum absolute atomic E-state index is 9.34. The summed E-state index contributed by atoms with van der Waals surface area (Å²) in [7, 11) is 1.67. The van der Waals surface area contributed by atoms with Crippen molar-refractivity contribution in [3.63, 3.8) is 0 Å². The second-order valence-corrected chi connectivity index (χ2v) is 6.05. The Hall–Kier alpha value is -1.85. The number of aliphatic hydroxyl groups is 1. The van der Waals surface area contributed by atoms with E-state index >= 15 is 0 Å². The summed E-state index contributed by atoms with van der Waals surface area (Å²) in [5.74, 6) is 1.31. The molecule has 5 heteroatoms. The second kappa shape index (κ2) is 7.15. The first-order valence-electron chi connectivity index (χ1n) is 8.33. The van der Waals surface area contributed by atoms with E-state index < -0.39 is 0 Å². The smallest absolute Gasteiger partial charge is 0.118 e. The lowest BCUT2D eigenvalue weighted by Gasteiger charge is -2.23. The van der Waals surface area contributed by atoms with Crippen LogP contribution in [0.4, 0.5) is 0 Å². The number of fused-ring (bicyclic) bond motifs is 1. The van der Waals surface area contributed by atoms with Gasteiger partial charge in [-0.05, 0) is 62.4 Å². The predicted molar refractivity (Wildman–Crippen MR) is 90.7 cm³/mol. The van der Waals surface area contributed by atoms with Gasteiger partial charge in [0.1, 0.15) is 5.75 Å². The van der Waals surface area contributed by atoms with Crippen LogP contribution in [0.15, 0.2) is 24.3 Å². The Morgan fingerprint density at radius 2 is 2.13 bits per heavy atom. The average Bonchev–Trinajstić information content (AvgIpc) is 2.95. The molecule has 0 spiro atoms. The van der Waals surface area contributed by atoms with Gasteiger partial charge in [-0.25, -0.2) is 0 Å². The van der Waals surface area contributed by atoms with Gasteiger partial charge in [0.15, 0.2) is 0 Å². The zero-order valence-corrected chi connectivity index (χ0v) is 13.7. The van der Waals surface area contributed by atoms with Gasteiger partial charge in [-0.2, -0.15) is 5.10 Å². The number of benzene rings is 1. The third kappa shape index (κ3) is 3.12. The molecule has 1 aliphatic rings. The SMILES string of the molecule is COc1ccc(-c2nn(CCO)c3c2C(CCN)CCC3)cc1. The number of nitrogens with zero attached hydrogens (tertiary/aromatic N) is 2. The van der Waals surface area contributed by atoms with E-state index in [0.29, 0.717) is 19.0 Å². The summed E-state index contributed by atoms with van der Waals surface area (Å²) >= 11 is 0. The van der Waals surface area contributed by atoms with Crippen LogP contribution in [0.1, 0.15) is 36.4 Å². The van der Waals surface area contributed by atoms with Crippen molar-refractivity contribution >= 4 is 0 Å². The van der Waals surface area contributed by atoms with Gasteiger partial charge in [0.05, 0.1) is 26.0 Å². The molecular weight excluding hydrogens is 290 g/mol. The molecule has 2 aromatic rings. The molecule has 0 bridgehead atoms. The third-order valence-electron chi connectivity index (χ3n) is 4.66. The molecule has 0 saturated carbocycles. The van der Waals surface area contributed by atoms with Crippen LogP contribution >= 0.6 is 0 Å². The fraction of sp³-hybridized carbons (Fsp3) is 0.500. The molecule has 124 valence electrons. The van der Waals surface area contributed by atoms with Gasteiger partial charge in [0.25, 0.3) is 0 Å². The number of aliphatic hydroxyl groups excluding tert-OH is 1. The summed E-state index contributed by atoms with van der Waals surface area (Å²) in [6.07, 6.45) is 4.34. The van der Waals surface area contributed by atoms with Crippen molar-refractivity contribution in [2.75, 3.05) is 20.3 Å². The van der Waals surface area contributed by atoms with Gasteiger partial charge in [0, 0.05) is 16.8 Å². The number of hydrogen-bond donors (Lipinski definition) is 2. The van der Waals surface area contributed by atoms with Gasteiger partial charge in [-0.3, -0.25) is 4.68 Å². The summed E-state index contributed by atoms with van der Waals surface area (Å²) in [6, 6.07) is 8.04. The normalized spacial score (nSPS) is 17.1. The molecule has 1 heterocycles. The van der Waals surface area contributed by atoms with Crippen LogP contribution in [-0.4, -0.2) is 35.1 Å². The van der Waals surface area contributed by atoms with Crippen LogP contribution < -0.4 is 10.5 Å². The summed E-state index contributed by atoms with van der Waals surface area (Å²) < 4.78 is 7.23. The Kier molecular flexibility index (Phi) is 4.98. The lowest BCUT2D eigenvalue weighted by atomic mass is 9.82. The second-order valence-electron chi connectivity index (χ2n) is 6.05. The molecule has 0 radical (unpaired) electrons. The highest BCUT2D eigenvalue weighted by molar-refractivity contribution is 5.66. The monoisotopic (exact) mass is 315 g/mol. The van der Waals surface area contributed by atoms with Crippen LogP contribution in [0.5, 0.6) is 5.75 Å². The number of ether oxygens (including phenoxy) is 1. The number of methoxy groups -OCH3 is 1. The Morgan fingerprint density at radius 1 is 1.35 bits per heavy atom. The minimum absolute atomic E-state index is 0.109. The van der Waals surface area contributed by atoms with E-state index in [4.69, 9.17) is 15.6 Å². The van der Waals surface area contributed by atoms with Gasteiger partial charge < -0.3 is 15.6 Å². The molecule has 3 N–H and O–H groups in total. The van der Waals surface area contributed by atoms with Gasteiger partial charge >= 0.3 is 0 Å². The van der Waals surface area contributed by atoms with Crippen LogP contribution in [0.25, 0.3) is 11.3 Å². The first kappa shape index (κ1) is 16.0. The van der Waals surface area contributed by atoms with E-state index in [0.717, 1.165) is 42.7 Å². The van der Waals surface area contributed by atoms with Crippen molar-refractivity contribution in [2.24, 2.45) is 5.73 Å². The summed E-state index contributed by atoms with van der Waals surface area (Å²) in [5.41, 5.74) is 10.6. The molecule has 3 rings (SSSR count). The number of rotatable bonds is 6. The van der Waals surface area contributed by atoms with E-state index in [9.17, 15) is 5.11 Å². The highest BCUT2D eigenvalue weighted by atomic mass is 16.5. The molecule has 1 unspecified atom stereocenters. The van der Waals surface area contributed by atoms with Crippen LogP contribution in [0, 0.1) is 0 Å². The van der Waals surface area contributed by atoms with E-state index in [1.165, 1.54) is 11.3 Å². The standard InChI is InChI=1S/C18H25N3O2/c1-23-15-7-5-14(6-8-15)18-17-13(9-10-19)3-2-4-16(17)21(20-18)11-12-22/h5-8,13,22H,2-4,9-12,19H2,1H3. The first-order chi connectivity index (χ1) is 11.3. The van der Waals surface area contributed by atoms with E-state index in [1.54, 1.807) is 7.11 Å². The maximum Gasteiger partial charge on any atom is 0.118 e. The topological polar surface area (TPSA) is 73.3 Å². The molecule has 1 aliphatic carbocycles. The van der Waals surface area contributed by atoms with Crippen molar-refractivity contribution in [3.05, 3.63) is 35.5 Å². The highest BCUT2D eigenvalue weighted by Crippen LogP contribution is 2.40. The van der Waals surface area contributed by atoms with Crippen LogP contribution in [0.3, 0.4) is 0 Å². The Morgan fingerprint density at radius 3 is 2.78 bits per heavy atom. The zero-order valence-electron chi connectivity index (χ0n) is 13.7.